The molecule has 4 heteroatoms. The van der Waals surface area contributed by atoms with Gasteiger partial charge in [0.25, 0.3) is 0 Å². The fourth-order valence-corrected chi connectivity index (χ4v) is 1.90. The molecule has 0 bridgehead atoms. The molecule has 0 aliphatic carbocycles. The van der Waals surface area contributed by atoms with Crippen LogP contribution in [0.2, 0.25) is 0 Å². The number of anilines is 3. The number of nitrogen functional groups attached to an aromatic ring is 1. The largest absolute Gasteiger partial charge is 0.495 e. The second-order valence-electron chi connectivity index (χ2n) is 4.11. The number of nitriles is 1. The molecule has 2 aromatic rings. The van der Waals surface area contributed by atoms with Crippen molar-refractivity contribution in [2.24, 2.45) is 0 Å². The van der Waals surface area contributed by atoms with Gasteiger partial charge in [-0.2, -0.15) is 5.26 Å². The fourth-order valence-electron chi connectivity index (χ4n) is 1.90. The van der Waals surface area contributed by atoms with Gasteiger partial charge in [-0.05, 0) is 36.4 Å². The van der Waals surface area contributed by atoms with E-state index in [0.717, 1.165) is 11.4 Å². The molecule has 0 aromatic heterocycles. The van der Waals surface area contributed by atoms with Crippen molar-refractivity contribution in [1.29, 1.82) is 5.26 Å². The third kappa shape index (κ3) is 2.45. The van der Waals surface area contributed by atoms with E-state index in [9.17, 15) is 0 Å². The predicted molar refractivity (Wildman–Crippen MR) is 76.6 cm³/mol. The maximum absolute atomic E-state index is 8.80. The lowest BCUT2D eigenvalue weighted by Crippen LogP contribution is -2.12. The molecule has 2 N–H and O–H groups in total. The maximum atomic E-state index is 8.80. The smallest absolute Gasteiger partial charge is 0.143 e. The molecule has 0 saturated carbocycles. The summed E-state index contributed by atoms with van der Waals surface area (Å²) in [5, 5.41) is 8.80. The van der Waals surface area contributed by atoms with Crippen molar-refractivity contribution in [3.8, 4) is 11.8 Å². The zero-order valence-corrected chi connectivity index (χ0v) is 10.9. The molecule has 0 fully saturated rings. The summed E-state index contributed by atoms with van der Waals surface area (Å²) in [4.78, 5) is 1.96. The summed E-state index contributed by atoms with van der Waals surface area (Å²) in [6.45, 7) is 0. The third-order valence-corrected chi connectivity index (χ3v) is 3.01. The van der Waals surface area contributed by atoms with Crippen molar-refractivity contribution in [1.82, 2.24) is 0 Å². The van der Waals surface area contributed by atoms with Crippen LogP contribution in [0, 0.1) is 11.3 Å². The van der Waals surface area contributed by atoms with Gasteiger partial charge >= 0.3 is 0 Å². The van der Waals surface area contributed by atoms with Gasteiger partial charge in [0.2, 0.25) is 0 Å². The first-order valence-electron chi connectivity index (χ1n) is 5.83. The van der Waals surface area contributed by atoms with E-state index in [4.69, 9.17) is 15.7 Å². The Labute approximate surface area is 112 Å². The van der Waals surface area contributed by atoms with Gasteiger partial charge in [-0.1, -0.05) is 6.07 Å². The van der Waals surface area contributed by atoms with Gasteiger partial charge in [-0.3, -0.25) is 0 Å². The van der Waals surface area contributed by atoms with Gasteiger partial charge < -0.3 is 15.4 Å². The molecule has 0 spiro atoms. The molecular formula is C15H15N3O. The number of hydrogen-bond donors (Lipinski definition) is 1. The summed E-state index contributed by atoms with van der Waals surface area (Å²) in [5.41, 5.74) is 9.12. The highest BCUT2D eigenvalue weighted by atomic mass is 16.5. The number of para-hydroxylation sites is 1. The van der Waals surface area contributed by atoms with Crippen LogP contribution in [-0.2, 0) is 0 Å². The summed E-state index contributed by atoms with van der Waals surface area (Å²) >= 11 is 0. The van der Waals surface area contributed by atoms with Crippen LogP contribution in [0.3, 0.4) is 0 Å². The van der Waals surface area contributed by atoms with E-state index < -0.39 is 0 Å². The average molecular weight is 253 g/mol. The van der Waals surface area contributed by atoms with Crippen LogP contribution in [0.5, 0.6) is 5.75 Å². The van der Waals surface area contributed by atoms with Crippen LogP contribution in [0.4, 0.5) is 17.1 Å². The molecule has 2 rings (SSSR count). The normalized spacial score (nSPS) is 9.74. The summed E-state index contributed by atoms with van der Waals surface area (Å²) in [6, 6.07) is 15.1. The zero-order valence-electron chi connectivity index (χ0n) is 10.9. The number of methoxy groups -OCH3 is 1. The fraction of sp³-hybridized carbons (Fsp3) is 0.133. The van der Waals surface area contributed by atoms with Crippen molar-refractivity contribution >= 4 is 17.1 Å². The van der Waals surface area contributed by atoms with E-state index in [0.29, 0.717) is 17.0 Å². The first kappa shape index (κ1) is 12.8. The van der Waals surface area contributed by atoms with Gasteiger partial charge in [0.1, 0.15) is 5.75 Å². The highest BCUT2D eigenvalue weighted by molar-refractivity contribution is 5.78. The molecule has 0 heterocycles. The maximum Gasteiger partial charge on any atom is 0.143 e. The number of nitrogens with two attached hydrogens (primary N) is 1. The van der Waals surface area contributed by atoms with Gasteiger partial charge in [-0.15, -0.1) is 0 Å². The van der Waals surface area contributed by atoms with E-state index in [2.05, 4.69) is 6.07 Å². The van der Waals surface area contributed by atoms with Crippen LogP contribution in [0.15, 0.2) is 42.5 Å². The molecule has 0 aliphatic rings. The Morgan fingerprint density at radius 3 is 2.42 bits per heavy atom. The third-order valence-electron chi connectivity index (χ3n) is 3.01. The quantitative estimate of drug-likeness (QED) is 0.854. The molecule has 0 saturated heterocycles. The van der Waals surface area contributed by atoms with Crippen LogP contribution in [0.1, 0.15) is 5.56 Å². The van der Waals surface area contributed by atoms with Gasteiger partial charge in [-0.25, -0.2) is 0 Å². The van der Waals surface area contributed by atoms with Crippen molar-refractivity contribution < 1.29 is 4.74 Å². The topological polar surface area (TPSA) is 62.3 Å². The zero-order chi connectivity index (χ0) is 13.8. The Kier molecular flexibility index (Phi) is 3.58. The van der Waals surface area contributed by atoms with Gasteiger partial charge in [0.05, 0.1) is 30.1 Å². The molecule has 2 aromatic carbocycles. The molecule has 0 atom stereocenters. The van der Waals surface area contributed by atoms with Crippen LogP contribution in [0.25, 0.3) is 0 Å². The molecule has 0 radical (unpaired) electrons. The van der Waals surface area contributed by atoms with E-state index >= 15 is 0 Å². The van der Waals surface area contributed by atoms with E-state index in [1.54, 1.807) is 19.2 Å². The van der Waals surface area contributed by atoms with Crippen molar-refractivity contribution in [2.75, 3.05) is 24.8 Å². The van der Waals surface area contributed by atoms with Crippen LogP contribution < -0.4 is 15.4 Å². The Morgan fingerprint density at radius 2 is 1.84 bits per heavy atom. The van der Waals surface area contributed by atoms with Crippen LogP contribution in [-0.4, -0.2) is 14.2 Å². The standard InChI is InChI=1S/C15H15N3O/c1-18(12-8-6-11(10-16)7-9-12)13-4-3-5-14(19-2)15(13)17/h3-9H,17H2,1-2H3. The molecule has 0 unspecified atom stereocenters. The molecular weight excluding hydrogens is 238 g/mol. The first-order chi connectivity index (χ1) is 9.17. The van der Waals surface area contributed by atoms with Gasteiger partial charge in [0, 0.05) is 12.7 Å². The Balaban J connectivity index is 2.38. The Hall–Kier alpha value is -2.67. The number of hydrogen-bond acceptors (Lipinski definition) is 4. The second kappa shape index (κ2) is 5.32. The lowest BCUT2D eigenvalue weighted by Gasteiger charge is -2.22. The van der Waals surface area contributed by atoms with E-state index in [1.165, 1.54) is 0 Å². The highest BCUT2D eigenvalue weighted by Gasteiger charge is 2.10. The SMILES string of the molecule is COc1cccc(N(C)c2ccc(C#N)cc2)c1N. The molecule has 0 aliphatic heterocycles. The van der Waals surface area contributed by atoms with Gasteiger partial charge in [0.15, 0.2) is 0 Å². The average Bonchev–Trinajstić information content (AvgIpc) is 2.47. The minimum Gasteiger partial charge on any atom is -0.495 e. The molecule has 19 heavy (non-hydrogen) atoms. The summed E-state index contributed by atoms with van der Waals surface area (Å²) in [5.74, 6) is 0.651. The van der Waals surface area contributed by atoms with Crippen molar-refractivity contribution in [3.05, 3.63) is 48.0 Å². The Bertz CT molecular complexity index is 614. The summed E-state index contributed by atoms with van der Waals surface area (Å²) in [7, 11) is 3.52. The number of ether oxygens (including phenoxy) is 1. The first-order valence-corrected chi connectivity index (χ1v) is 5.83. The summed E-state index contributed by atoms with van der Waals surface area (Å²) in [6.07, 6.45) is 0. The monoisotopic (exact) mass is 253 g/mol. The van der Waals surface area contributed by atoms with E-state index in [1.807, 2.05) is 42.3 Å². The minimum absolute atomic E-state index is 0.594. The number of nitrogens with zero attached hydrogens (tertiary/aromatic N) is 2. The lowest BCUT2D eigenvalue weighted by atomic mass is 10.2. The van der Waals surface area contributed by atoms with Crippen molar-refractivity contribution in [3.63, 3.8) is 0 Å². The minimum atomic E-state index is 0.594. The molecule has 0 amide bonds. The predicted octanol–water partition coefficient (Wildman–Crippen LogP) is 2.92. The van der Waals surface area contributed by atoms with E-state index in [-0.39, 0.29) is 0 Å². The second-order valence-corrected chi connectivity index (χ2v) is 4.11. The Morgan fingerprint density at radius 1 is 1.16 bits per heavy atom. The summed E-state index contributed by atoms with van der Waals surface area (Å²) < 4.78 is 5.21. The number of benzene rings is 2. The molecule has 4 nitrogen and oxygen atoms in total. The lowest BCUT2D eigenvalue weighted by molar-refractivity contribution is 0.417. The highest BCUT2D eigenvalue weighted by Crippen LogP contribution is 2.34. The molecule has 96 valence electrons. The number of rotatable bonds is 3. The van der Waals surface area contributed by atoms with Crippen molar-refractivity contribution in [2.45, 2.75) is 0 Å². The van der Waals surface area contributed by atoms with Crippen LogP contribution >= 0.6 is 0 Å².